The Kier molecular flexibility index (Phi) is 7.59. The molecule has 0 fully saturated rings. The summed E-state index contributed by atoms with van der Waals surface area (Å²) in [4.78, 5) is 8.33. The van der Waals surface area contributed by atoms with Crippen LogP contribution in [-0.2, 0) is 28.5 Å². The third kappa shape index (κ3) is 7.32. The lowest BCUT2D eigenvalue weighted by Crippen LogP contribution is -2.40. The molecule has 2 aromatic rings. The first kappa shape index (κ1) is 21.9. The summed E-state index contributed by atoms with van der Waals surface area (Å²) in [6.07, 6.45) is 1.72. The minimum absolute atomic E-state index is 0.0618. The molecule has 0 amide bonds. The van der Waals surface area contributed by atoms with Crippen LogP contribution in [0.4, 0.5) is 0 Å². The third-order valence-electron chi connectivity index (χ3n) is 3.93. The van der Waals surface area contributed by atoms with Crippen LogP contribution >= 0.6 is 0 Å². The quantitative estimate of drug-likeness (QED) is 0.454. The molecule has 154 valence electrons. The van der Waals surface area contributed by atoms with Gasteiger partial charge in [0.25, 0.3) is 0 Å². The molecular weight excluding hydrogens is 378 g/mol. The number of aliphatic imine (C=N–C) groups is 1. The highest BCUT2D eigenvalue weighted by molar-refractivity contribution is 7.89. The van der Waals surface area contributed by atoms with Gasteiger partial charge in [0, 0.05) is 25.6 Å². The number of nitrogens with zero attached hydrogens (tertiary/aromatic N) is 2. The second-order valence-corrected chi connectivity index (χ2v) is 9.27. The molecule has 1 aromatic heterocycles. The zero-order chi connectivity index (χ0) is 20.6. The molecule has 0 unspecified atom stereocenters. The Morgan fingerprint density at radius 2 is 1.86 bits per heavy atom. The summed E-state index contributed by atoms with van der Waals surface area (Å²) in [5.41, 5.74) is 0.809. The van der Waals surface area contributed by atoms with E-state index in [1.54, 1.807) is 13.2 Å². The highest BCUT2D eigenvalue weighted by Gasteiger charge is 2.19. The highest BCUT2D eigenvalue weighted by atomic mass is 32.2. The minimum atomic E-state index is -3.39. The van der Waals surface area contributed by atoms with E-state index in [4.69, 9.17) is 4.42 Å². The Morgan fingerprint density at radius 1 is 1.14 bits per heavy atom. The third-order valence-corrected chi connectivity index (χ3v) is 5.25. The standard InChI is InChI=1S/C19H29N5O3S/c1-19(2,3)16-13-22-17(27-16)14-23-18(20-4)21-10-11-28(25,26)24-12-15-8-6-5-7-9-15/h5-9,13,24H,10-12,14H2,1-4H3,(H2,20,21,23). The number of rotatable bonds is 8. The lowest BCUT2D eigenvalue weighted by molar-refractivity contribution is 0.379. The first-order valence-electron chi connectivity index (χ1n) is 9.10. The van der Waals surface area contributed by atoms with Gasteiger partial charge in [0.2, 0.25) is 15.9 Å². The predicted molar refractivity (Wildman–Crippen MR) is 110 cm³/mol. The van der Waals surface area contributed by atoms with Crippen LogP contribution in [0.15, 0.2) is 45.9 Å². The van der Waals surface area contributed by atoms with Crippen LogP contribution in [0.2, 0.25) is 0 Å². The number of hydrogen-bond acceptors (Lipinski definition) is 5. The molecule has 9 heteroatoms. The number of benzene rings is 1. The SMILES string of the molecule is CN=C(NCCS(=O)(=O)NCc1ccccc1)NCc1ncc(C(C)(C)C)o1. The topological polar surface area (TPSA) is 109 Å². The van der Waals surface area contributed by atoms with E-state index >= 15 is 0 Å². The van der Waals surface area contributed by atoms with Crippen molar-refractivity contribution in [1.82, 2.24) is 20.3 Å². The predicted octanol–water partition coefficient (Wildman–Crippen LogP) is 1.76. The monoisotopic (exact) mass is 407 g/mol. The second-order valence-electron chi connectivity index (χ2n) is 7.35. The van der Waals surface area contributed by atoms with Crippen molar-refractivity contribution >= 4 is 16.0 Å². The van der Waals surface area contributed by atoms with Gasteiger partial charge in [-0.15, -0.1) is 0 Å². The van der Waals surface area contributed by atoms with E-state index < -0.39 is 10.0 Å². The van der Waals surface area contributed by atoms with Crippen molar-refractivity contribution < 1.29 is 12.8 Å². The molecule has 0 bridgehead atoms. The molecule has 0 saturated heterocycles. The van der Waals surface area contributed by atoms with E-state index in [-0.39, 0.29) is 24.3 Å². The van der Waals surface area contributed by atoms with Gasteiger partial charge in [0.1, 0.15) is 5.76 Å². The molecule has 28 heavy (non-hydrogen) atoms. The number of guanidine groups is 1. The molecule has 0 aliphatic rings. The smallest absolute Gasteiger partial charge is 0.213 e. The minimum Gasteiger partial charge on any atom is -0.443 e. The van der Waals surface area contributed by atoms with Crippen molar-refractivity contribution in [3.05, 3.63) is 53.7 Å². The fourth-order valence-corrected chi connectivity index (χ4v) is 3.19. The number of sulfonamides is 1. The maximum atomic E-state index is 12.1. The molecule has 8 nitrogen and oxygen atoms in total. The van der Waals surface area contributed by atoms with Crippen molar-refractivity contribution in [2.75, 3.05) is 19.3 Å². The van der Waals surface area contributed by atoms with Crippen LogP contribution in [0.25, 0.3) is 0 Å². The number of hydrogen-bond donors (Lipinski definition) is 3. The summed E-state index contributed by atoms with van der Waals surface area (Å²) in [7, 11) is -1.77. The van der Waals surface area contributed by atoms with Gasteiger partial charge < -0.3 is 15.1 Å². The number of aromatic nitrogens is 1. The molecule has 3 N–H and O–H groups in total. The Labute approximate surface area is 166 Å². The van der Waals surface area contributed by atoms with Crippen LogP contribution in [0.1, 0.15) is 38.0 Å². The van der Waals surface area contributed by atoms with Crippen molar-refractivity contribution in [3.8, 4) is 0 Å². The maximum absolute atomic E-state index is 12.1. The summed E-state index contributed by atoms with van der Waals surface area (Å²) < 4.78 is 32.5. The van der Waals surface area contributed by atoms with Crippen LogP contribution in [0.3, 0.4) is 0 Å². The molecular formula is C19H29N5O3S. The molecule has 2 rings (SSSR count). The zero-order valence-corrected chi connectivity index (χ0v) is 17.6. The van der Waals surface area contributed by atoms with E-state index in [1.807, 2.05) is 30.3 Å². The van der Waals surface area contributed by atoms with Gasteiger partial charge in [-0.3, -0.25) is 4.99 Å². The van der Waals surface area contributed by atoms with Crippen molar-refractivity contribution in [1.29, 1.82) is 0 Å². The van der Waals surface area contributed by atoms with Gasteiger partial charge in [-0.2, -0.15) is 0 Å². The number of nitrogens with one attached hydrogen (secondary N) is 3. The van der Waals surface area contributed by atoms with Gasteiger partial charge in [-0.1, -0.05) is 51.1 Å². The van der Waals surface area contributed by atoms with Crippen LogP contribution in [0, 0.1) is 0 Å². The average Bonchev–Trinajstić information content (AvgIpc) is 3.13. The lowest BCUT2D eigenvalue weighted by Gasteiger charge is -2.13. The summed E-state index contributed by atoms with van der Waals surface area (Å²) in [5, 5.41) is 6.04. The summed E-state index contributed by atoms with van der Waals surface area (Å²) in [6, 6.07) is 9.39. The molecule has 0 atom stereocenters. The van der Waals surface area contributed by atoms with Crippen LogP contribution < -0.4 is 15.4 Å². The molecule has 0 spiro atoms. The van der Waals surface area contributed by atoms with Gasteiger partial charge in [-0.05, 0) is 5.56 Å². The van der Waals surface area contributed by atoms with Crippen LogP contribution in [-0.4, -0.2) is 38.7 Å². The van der Waals surface area contributed by atoms with Crippen molar-refractivity contribution in [3.63, 3.8) is 0 Å². The molecule has 1 heterocycles. The van der Waals surface area contributed by atoms with E-state index in [0.29, 0.717) is 18.4 Å². The van der Waals surface area contributed by atoms with Gasteiger partial charge in [0.05, 0.1) is 18.5 Å². The summed E-state index contributed by atoms with van der Waals surface area (Å²) in [6.45, 7) is 7.01. The average molecular weight is 408 g/mol. The van der Waals surface area contributed by atoms with E-state index in [2.05, 4.69) is 46.1 Å². The largest absolute Gasteiger partial charge is 0.443 e. The first-order chi connectivity index (χ1) is 13.2. The highest BCUT2D eigenvalue weighted by Crippen LogP contribution is 2.22. The summed E-state index contributed by atoms with van der Waals surface area (Å²) in [5.74, 6) is 1.77. The molecule has 0 aliphatic carbocycles. The number of oxazole rings is 1. The van der Waals surface area contributed by atoms with E-state index in [9.17, 15) is 8.42 Å². The molecule has 1 aromatic carbocycles. The second kappa shape index (κ2) is 9.70. The first-order valence-corrected chi connectivity index (χ1v) is 10.8. The van der Waals surface area contributed by atoms with Crippen molar-refractivity contribution in [2.45, 2.75) is 39.3 Å². The van der Waals surface area contributed by atoms with Gasteiger partial charge in [-0.25, -0.2) is 18.1 Å². The Morgan fingerprint density at radius 3 is 2.46 bits per heavy atom. The van der Waals surface area contributed by atoms with Gasteiger partial charge >= 0.3 is 0 Å². The maximum Gasteiger partial charge on any atom is 0.213 e. The fourth-order valence-electron chi connectivity index (χ4n) is 2.28. The van der Waals surface area contributed by atoms with Crippen LogP contribution in [0.5, 0.6) is 0 Å². The Bertz CT molecular complexity index is 870. The van der Waals surface area contributed by atoms with Gasteiger partial charge in [0.15, 0.2) is 5.96 Å². The molecule has 0 aliphatic heterocycles. The van der Waals surface area contributed by atoms with Crippen molar-refractivity contribution in [2.24, 2.45) is 4.99 Å². The Balaban J connectivity index is 1.75. The Hall–Kier alpha value is -2.39. The normalized spacial score (nSPS) is 12.8. The van der Waals surface area contributed by atoms with E-state index in [0.717, 1.165) is 11.3 Å². The summed E-state index contributed by atoms with van der Waals surface area (Å²) >= 11 is 0. The fraction of sp³-hybridized carbons (Fsp3) is 0.474. The van der Waals surface area contributed by atoms with E-state index in [1.165, 1.54) is 0 Å². The molecule has 0 radical (unpaired) electrons. The zero-order valence-electron chi connectivity index (χ0n) is 16.8. The lowest BCUT2D eigenvalue weighted by atomic mass is 9.94. The molecule has 0 saturated carbocycles.